The quantitative estimate of drug-likeness (QED) is 0.469. The number of ether oxygens (including phenoxy) is 1. The standard InChI is InChI=1S/C11H14O4/c1-5-8(4-12)10-6(2)15-11(14)7(10)3-9(5)13/h4-8,10H,3H2,1-2H3/t5-,6+,7+,8-,10+/m0/s1. The molecule has 1 aliphatic heterocycles. The average molecular weight is 210 g/mol. The summed E-state index contributed by atoms with van der Waals surface area (Å²) in [6.45, 7) is 3.55. The summed E-state index contributed by atoms with van der Waals surface area (Å²) in [6, 6.07) is 0. The van der Waals surface area contributed by atoms with E-state index in [0.717, 1.165) is 6.29 Å². The number of cyclic esters (lactones) is 1. The molecule has 4 heteroatoms. The fourth-order valence-electron chi connectivity index (χ4n) is 2.79. The molecule has 1 aliphatic carbocycles. The van der Waals surface area contributed by atoms with Crippen molar-refractivity contribution in [2.24, 2.45) is 23.7 Å². The van der Waals surface area contributed by atoms with Crippen LogP contribution in [0, 0.1) is 23.7 Å². The van der Waals surface area contributed by atoms with Gasteiger partial charge in [0.15, 0.2) is 0 Å². The minimum atomic E-state index is -0.390. The highest BCUT2D eigenvalue weighted by atomic mass is 16.6. The van der Waals surface area contributed by atoms with Crippen LogP contribution in [0.1, 0.15) is 20.3 Å². The van der Waals surface area contributed by atoms with Gasteiger partial charge in [-0.2, -0.15) is 0 Å². The molecule has 2 fully saturated rings. The first-order valence-electron chi connectivity index (χ1n) is 5.24. The number of carbonyl (C=O) groups excluding carboxylic acids is 3. The maximum Gasteiger partial charge on any atom is 0.310 e. The first-order valence-corrected chi connectivity index (χ1v) is 5.24. The van der Waals surface area contributed by atoms with Crippen LogP contribution in [0.4, 0.5) is 0 Å². The number of carbonyl (C=O) groups is 3. The highest BCUT2D eigenvalue weighted by molar-refractivity contribution is 5.91. The van der Waals surface area contributed by atoms with Gasteiger partial charge < -0.3 is 9.53 Å². The van der Waals surface area contributed by atoms with E-state index in [9.17, 15) is 14.4 Å². The highest BCUT2D eigenvalue weighted by Crippen LogP contribution is 2.43. The summed E-state index contributed by atoms with van der Waals surface area (Å²) < 4.78 is 5.09. The molecule has 15 heavy (non-hydrogen) atoms. The summed E-state index contributed by atoms with van der Waals surface area (Å²) >= 11 is 0. The minimum absolute atomic E-state index is 0.000556. The molecule has 1 saturated carbocycles. The number of aldehydes is 1. The van der Waals surface area contributed by atoms with Gasteiger partial charge in [0, 0.05) is 24.2 Å². The molecule has 2 rings (SSSR count). The second-order valence-corrected chi connectivity index (χ2v) is 4.50. The second-order valence-electron chi connectivity index (χ2n) is 4.50. The van der Waals surface area contributed by atoms with Gasteiger partial charge in [0.2, 0.25) is 0 Å². The molecule has 1 heterocycles. The summed E-state index contributed by atoms with van der Waals surface area (Å²) in [4.78, 5) is 34.0. The van der Waals surface area contributed by atoms with Crippen molar-refractivity contribution in [3.8, 4) is 0 Å². The fraction of sp³-hybridized carbons (Fsp3) is 0.727. The molecule has 0 amide bonds. The van der Waals surface area contributed by atoms with Crippen LogP contribution in [0.2, 0.25) is 0 Å². The molecular formula is C11H14O4. The number of rotatable bonds is 1. The fourth-order valence-corrected chi connectivity index (χ4v) is 2.79. The molecule has 0 N–H and O–H groups in total. The summed E-state index contributed by atoms with van der Waals surface area (Å²) in [7, 11) is 0. The van der Waals surface area contributed by atoms with Crippen LogP contribution in [-0.4, -0.2) is 24.1 Å². The predicted octanol–water partition coefficient (Wildman–Crippen LogP) is 0.588. The molecule has 0 bridgehead atoms. The molecular weight excluding hydrogens is 196 g/mol. The van der Waals surface area contributed by atoms with E-state index in [2.05, 4.69) is 0 Å². The van der Waals surface area contributed by atoms with Gasteiger partial charge in [0.25, 0.3) is 0 Å². The molecule has 0 aromatic heterocycles. The van der Waals surface area contributed by atoms with Crippen LogP contribution in [0.15, 0.2) is 0 Å². The zero-order chi connectivity index (χ0) is 11.2. The Morgan fingerprint density at radius 3 is 2.60 bits per heavy atom. The van der Waals surface area contributed by atoms with Crippen LogP contribution in [0.25, 0.3) is 0 Å². The normalized spacial score (nSPS) is 44.8. The Bertz CT molecular complexity index is 323. The van der Waals surface area contributed by atoms with Crippen molar-refractivity contribution in [1.82, 2.24) is 0 Å². The van der Waals surface area contributed by atoms with Gasteiger partial charge in [-0.1, -0.05) is 6.92 Å². The Hall–Kier alpha value is -1.19. The van der Waals surface area contributed by atoms with Crippen molar-refractivity contribution in [3.63, 3.8) is 0 Å². The topological polar surface area (TPSA) is 60.4 Å². The van der Waals surface area contributed by atoms with E-state index in [-0.39, 0.29) is 47.9 Å². The van der Waals surface area contributed by atoms with Gasteiger partial charge in [-0.15, -0.1) is 0 Å². The Labute approximate surface area is 88.0 Å². The van der Waals surface area contributed by atoms with Crippen molar-refractivity contribution in [2.75, 3.05) is 0 Å². The van der Waals surface area contributed by atoms with E-state index in [4.69, 9.17) is 4.74 Å². The van der Waals surface area contributed by atoms with Crippen LogP contribution in [-0.2, 0) is 19.1 Å². The third kappa shape index (κ3) is 1.39. The van der Waals surface area contributed by atoms with E-state index < -0.39 is 0 Å². The first kappa shape index (κ1) is 10.3. The zero-order valence-electron chi connectivity index (χ0n) is 8.80. The van der Waals surface area contributed by atoms with Gasteiger partial charge in [0.1, 0.15) is 18.2 Å². The second kappa shape index (κ2) is 3.43. The lowest BCUT2D eigenvalue weighted by molar-refractivity contribution is -0.145. The number of hydrogen-bond acceptors (Lipinski definition) is 4. The number of hydrogen-bond donors (Lipinski definition) is 0. The molecule has 0 unspecified atom stereocenters. The van der Waals surface area contributed by atoms with Crippen LogP contribution >= 0.6 is 0 Å². The van der Waals surface area contributed by atoms with Crippen LogP contribution in [0.3, 0.4) is 0 Å². The predicted molar refractivity (Wildman–Crippen MR) is 50.9 cm³/mol. The molecule has 82 valence electrons. The molecule has 4 nitrogen and oxygen atoms in total. The Morgan fingerprint density at radius 1 is 1.33 bits per heavy atom. The summed E-state index contributed by atoms with van der Waals surface area (Å²) in [5, 5.41) is 0. The highest BCUT2D eigenvalue weighted by Gasteiger charge is 2.53. The first-order chi connectivity index (χ1) is 7.06. The van der Waals surface area contributed by atoms with E-state index in [1.165, 1.54) is 0 Å². The number of ketones is 1. The SMILES string of the molecule is C[C@@H]1C(=O)C[C@H]2C(=O)O[C@H](C)[C@H]2[C@H]1C=O. The third-order valence-electron chi connectivity index (χ3n) is 3.72. The van der Waals surface area contributed by atoms with Gasteiger partial charge in [-0.05, 0) is 6.92 Å². The van der Waals surface area contributed by atoms with Gasteiger partial charge in [-0.25, -0.2) is 0 Å². The van der Waals surface area contributed by atoms with Gasteiger partial charge >= 0.3 is 5.97 Å². The lowest BCUT2D eigenvalue weighted by atomic mass is 9.66. The molecule has 0 radical (unpaired) electrons. The van der Waals surface area contributed by atoms with Gasteiger partial charge in [-0.3, -0.25) is 9.59 Å². The third-order valence-corrected chi connectivity index (χ3v) is 3.72. The van der Waals surface area contributed by atoms with Crippen LogP contribution < -0.4 is 0 Å². The average Bonchev–Trinajstić information content (AvgIpc) is 2.45. The van der Waals surface area contributed by atoms with Gasteiger partial charge in [0.05, 0.1) is 5.92 Å². The van der Waals surface area contributed by atoms with E-state index in [1.54, 1.807) is 13.8 Å². The lowest BCUT2D eigenvalue weighted by Crippen LogP contribution is -2.42. The lowest BCUT2D eigenvalue weighted by Gasteiger charge is -2.33. The minimum Gasteiger partial charge on any atom is -0.462 e. The summed E-state index contributed by atoms with van der Waals surface area (Å²) in [5.41, 5.74) is 0. The van der Waals surface area contributed by atoms with Crippen LogP contribution in [0.5, 0.6) is 0 Å². The monoisotopic (exact) mass is 210 g/mol. The number of Topliss-reactive ketones (excluding diaryl/α,β-unsaturated/α-hetero) is 1. The number of fused-ring (bicyclic) bond motifs is 1. The van der Waals surface area contributed by atoms with Crippen molar-refractivity contribution in [1.29, 1.82) is 0 Å². The maximum absolute atomic E-state index is 11.6. The van der Waals surface area contributed by atoms with Crippen molar-refractivity contribution in [2.45, 2.75) is 26.4 Å². The Kier molecular flexibility index (Phi) is 2.37. The summed E-state index contributed by atoms with van der Waals surface area (Å²) in [5.74, 6) is -1.46. The molecule has 2 aliphatic rings. The molecule has 5 atom stereocenters. The van der Waals surface area contributed by atoms with Crippen molar-refractivity contribution < 1.29 is 19.1 Å². The smallest absolute Gasteiger partial charge is 0.310 e. The molecule has 0 aromatic carbocycles. The summed E-state index contributed by atoms with van der Waals surface area (Å²) in [6.07, 6.45) is 0.797. The van der Waals surface area contributed by atoms with E-state index in [1.807, 2.05) is 0 Å². The molecule has 0 aromatic rings. The Balaban J connectivity index is 2.33. The molecule has 1 saturated heterocycles. The van der Waals surface area contributed by atoms with Crippen molar-refractivity contribution in [3.05, 3.63) is 0 Å². The zero-order valence-corrected chi connectivity index (χ0v) is 8.80. The Morgan fingerprint density at radius 2 is 2.00 bits per heavy atom. The number of esters is 1. The maximum atomic E-state index is 11.6. The van der Waals surface area contributed by atoms with E-state index in [0.29, 0.717) is 0 Å². The van der Waals surface area contributed by atoms with E-state index >= 15 is 0 Å². The largest absolute Gasteiger partial charge is 0.462 e. The van der Waals surface area contributed by atoms with Crippen molar-refractivity contribution >= 4 is 18.0 Å². The molecule has 0 spiro atoms.